The van der Waals surface area contributed by atoms with Crippen LogP contribution in [0.5, 0.6) is 0 Å². The van der Waals surface area contributed by atoms with E-state index in [0.717, 1.165) is 18.7 Å². The summed E-state index contributed by atoms with van der Waals surface area (Å²) in [6.07, 6.45) is 2.50. The van der Waals surface area contributed by atoms with E-state index in [1.165, 1.54) is 42.3 Å². The van der Waals surface area contributed by atoms with Gasteiger partial charge in [0.15, 0.2) is 0 Å². The molecule has 112 valence electrons. The van der Waals surface area contributed by atoms with Gasteiger partial charge in [0, 0.05) is 24.7 Å². The van der Waals surface area contributed by atoms with Gasteiger partial charge in [-0.05, 0) is 54.3 Å². The number of carbonyl (C=O) groups is 1. The van der Waals surface area contributed by atoms with E-state index in [0.29, 0.717) is 12.0 Å². The molecule has 4 heterocycles. The molecule has 6 rings (SSSR count). The molecule has 22 heavy (non-hydrogen) atoms. The number of benzene rings is 2. The van der Waals surface area contributed by atoms with Crippen molar-refractivity contribution in [3.8, 4) is 0 Å². The van der Waals surface area contributed by atoms with E-state index in [9.17, 15) is 4.79 Å². The topological polar surface area (TPSA) is 23.6 Å². The first kappa shape index (κ1) is 12.7. The molecule has 1 atom stereocenters. The number of hydrogen-bond acceptors (Lipinski definition) is 2. The van der Waals surface area contributed by atoms with Gasteiger partial charge in [-0.25, -0.2) is 0 Å². The smallest absolute Gasteiger partial charge is 0.255 e. The number of fused-ring (bicyclic) bond motifs is 3. The van der Waals surface area contributed by atoms with Crippen LogP contribution >= 0.6 is 0 Å². The largest absolute Gasteiger partial charge is 0.330 e. The van der Waals surface area contributed by atoms with Gasteiger partial charge in [-0.15, -0.1) is 0 Å². The van der Waals surface area contributed by atoms with Crippen molar-refractivity contribution in [1.29, 1.82) is 0 Å². The van der Waals surface area contributed by atoms with Crippen molar-refractivity contribution in [1.82, 2.24) is 9.80 Å². The first-order valence-corrected chi connectivity index (χ1v) is 8.35. The molecule has 2 aromatic carbocycles. The predicted molar refractivity (Wildman–Crippen MR) is 86.8 cm³/mol. The maximum Gasteiger partial charge on any atom is 0.255 e. The highest BCUT2D eigenvalue weighted by atomic mass is 16.2. The van der Waals surface area contributed by atoms with Crippen LogP contribution in [0.15, 0.2) is 36.4 Å². The monoisotopic (exact) mass is 292 g/mol. The maximum atomic E-state index is 13.1. The summed E-state index contributed by atoms with van der Waals surface area (Å²) in [5, 5.41) is 2.37. The summed E-state index contributed by atoms with van der Waals surface area (Å²) in [4.78, 5) is 17.8. The lowest BCUT2D eigenvalue weighted by atomic mass is 9.81. The first-order valence-electron chi connectivity index (χ1n) is 8.35. The van der Waals surface area contributed by atoms with Gasteiger partial charge in [0.25, 0.3) is 5.91 Å². The molecule has 3 nitrogen and oxygen atoms in total. The summed E-state index contributed by atoms with van der Waals surface area (Å²) in [6, 6.07) is 12.9. The first-order chi connectivity index (χ1) is 10.8. The average Bonchev–Trinajstić information content (AvgIpc) is 2.59. The molecular formula is C19H20N2O. The second-order valence-corrected chi connectivity index (χ2v) is 6.96. The van der Waals surface area contributed by atoms with Gasteiger partial charge in [0.05, 0.1) is 0 Å². The van der Waals surface area contributed by atoms with E-state index in [1.807, 2.05) is 12.1 Å². The van der Waals surface area contributed by atoms with E-state index >= 15 is 0 Å². The summed E-state index contributed by atoms with van der Waals surface area (Å²) in [5.41, 5.74) is 2.21. The average molecular weight is 292 g/mol. The van der Waals surface area contributed by atoms with Gasteiger partial charge in [-0.3, -0.25) is 4.79 Å². The Labute approximate surface area is 130 Å². The number of carbonyl (C=O) groups excluding carboxylic acids is 1. The highest BCUT2D eigenvalue weighted by Gasteiger charge is 2.41. The van der Waals surface area contributed by atoms with E-state index < -0.39 is 0 Å². The molecule has 4 aliphatic heterocycles. The third-order valence-electron chi connectivity index (χ3n) is 5.84. The lowest BCUT2D eigenvalue weighted by molar-refractivity contribution is 0.00406. The van der Waals surface area contributed by atoms with Crippen molar-refractivity contribution < 1.29 is 4.79 Å². The minimum absolute atomic E-state index is 0.239. The summed E-state index contributed by atoms with van der Waals surface area (Å²) >= 11 is 0. The van der Waals surface area contributed by atoms with Gasteiger partial charge in [-0.1, -0.05) is 30.3 Å². The normalized spacial score (nSPS) is 30.1. The van der Waals surface area contributed by atoms with Crippen LogP contribution in [0.4, 0.5) is 0 Å². The van der Waals surface area contributed by atoms with Crippen molar-refractivity contribution in [3.05, 3.63) is 47.5 Å². The van der Waals surface area contributed by atoms with Crippen LogP contribution in [0.2, 0.25) is 0 Å². The lowest BCUT2D eigenvalue weighted by Crippen LogP contribution is -2.58. The van der Waals surface area contributed by atoms with Crippen LogP contribution in [-0.4, -0.2) is 41.4 Å². The standard InChI is InChI=1S/C19H20N2O/c22-19-16-6-2-4-14-3-1-5-15(18(14)16)11-21(19)17-12-20-9-7-13(17)8-10-20/h1-6,13,17H,7-12H2/t17-/m0/s1. The van der Waals surface area contributed by atoms with Crippen molar-refractivity contribution in [3.63, 3.8) is 0 Å². The highest BCUT2D eigenvalue weighted by molar-refractivity contribution is 6.10. The third-order valence-corrected chi connectivity index (χ3v) is 5.84. The van der Waals surface area contributed by atoms with Gasteiger partial charge in [0.2, 0.25) is 0 Å². The number of piperidine rings is 3. The second-order valence-electron chi connectivity index (χ2n) is 6.96. The van der Waals surface area contributed by atoms with E-state index in [-0.39, 0.29) is 5.91 Å². The summed E-state index contributed by atoms with van der Waals surface area (Å²) in [5.74, 6) is 0.932. The number of nitrogens with zero attached hydrogens (tertiary/aromatic N) is 2. The van der Waals surface area contributed by atoms with Gasteiger partial charge in [0.1, 0.15) is 0 Å². The van der Waals surface area contributed by atoms with Gasteiger partial charge < -0.3 is 9.80 Å². The Morgan fingerprint density at radius 2 is 1.77 bits per heavy atom. The molecule has 0 aliphatic carbocycles. The fraction of sp³-hybridized carbons (Fsp3) is 0.421. The number of hydrogen-bond donors (Lipinski definition) is 0. The lowest BCUT2D eigenvalue weighted by Gasteiger charge is -2.49. The fourth-order valence-electron chi connectivity index (χ4n) is 4.69. The molecule has 3 saturated heterocycles. The molecule has 1 amide bonds. The van der Waals surface area contributed by atoms with Crippen molar-refractivity contribution in [2.24, 2.45) is 5.92 Å². The Morgan fingerprint density at radius 3 is 2.50 bits per heavy atom. The van der Waals surface area contributed by atoms with Crippen molar-refractivity contribution in [2.45, 2.75) is 25.4 Å². The molecule has 0 saturated carbocycles. The molecule has 2 bridgehead atoms. The third kappa shape index (κ3) is 1.69. The maximum absolute atomic E-state index is 13.1. The number of amides is 1. The Morgan fingerprint density at radius 1 is 1.00 bits per heavy atom. The Kier molecular flexibility index (Phi) is 2.62. The fourth-order valence-corrected chi connectivity index (χ4v) is 4.69. The van der Waals surface area contributed by atoms with Crippen molar-refractivity contribution in [2.75, 3.05) is 19.6 Å². The summed E-state index contributed by atoms with van der Waals surface area (Å²) in [7, 11) is 0. The van der Waals surface area contributed by atoms with Crippen LogP contribution < -0.4 is 0 Å². The zero-order chi connectivity index (χ0) is 14.7. The molecule has 2 aromatic rings. The number of rotatable bonds is 1. The van der Waals surface area contributed by atoms with Crippen molar-refractivity contribution >= 4 is 16.7 Å². The minimum Gasteiger partial charge on any atom is -0.330 e. The zero-order valence-corrected chi connectivity index (χ0v) is 12.7. The Balaban J connectivity index is 1.59. The summed E-state index contributed by atoms with van der Waals surface area (Å²) in [6.45, 7) is 4.28. The second kappa shape index (κ2) is 4.56. The van der Waals surface area contributed by atoms with Crippen LogP contribution in [-0.2, 0) is 6.54 Å². The molecular weight excluding hydrogens is 272 g/mol. The van der Waals surface area contributed by atoms with Gasteiger partial charge in [-0.2, -0.15) is 0 Å². The van der Waals surface area contributed by atoms with E-state index in [4.69, 9.17) is 0 Å². The molecule has 3 heteroatoms. The molecule has 0 spiro atoms. The molecule has 0 N–H and O–H groups in total. The van der Waals surface area contributed by atoms with Crippen LogP contribution in [0.25, 0.3) is 10.8 Å². The van der Waals surface area contributed by atoms with E-state index in [2.05, 4.69) is 34.1 Å². The molecule has 3 fully saturated rings. The predicted octanol–water partition coefficient (Wildman–Crippen LogP) is 2.89. The SMILES string of the molecule is O=C1c2cccc3cccc(c23)CN1[C@H]1CN2CCC1CC2. The minimum atomic E-state index is 0.239. The zero-order valence-electron chi connectivity index (χ0n) is 12.7. The molecule has 4 aliphatic rings. The quantitative estimate of drug-likeness (QED) is 0.807. The highest BCUT2D eigenvalue weighted by Crippen LogP contribution is 2.36. The Hall–Kier alpha value is -1.87. The van der Waals surface area contributed by atoms with Crippen LogP contribution in [0.1, 0.15) is 28.8 Å². The Bertz CT molecular complexity index is 756. The molecule has 0 aromatic heterocycles. The molecule has 0 unspecified atom stereocenters. The summed E-state index contributed by atoms with van der Waals surface area (Å²) < 4.78 is 0. The molecule has 0 radical (unpaired) electrons. The van der Waals surface area contributed by atoms with Crippen LogP contribution in [0, 0.1) is 5.92 Å². The van der Waals surface area contributed by atoms with Crippen LogP contribution in [0.3, 0.4) is 0 Å². The van der Waals surface area contributed by atoms with Gasteiger partial charge >= 0.3 is 0 Å². The van der Waals surface area contributed by atoms with E-state index in [1.54, 1.807) is 0 Å².